The van der Waals surface area contributed by atoms with Crippen LogP contribution in [-0.2, 0) is 0 Å². The zero-order chi connectivity index (χ0) is 14.2. The summed E-state index contributed by atoms with van der Waals surface area (Å²) in [5.41, 5.74) is 2.86. The van der Waals surface area contributed by atoms with Crippen LogP contribution in [0, 0.1) is 13.8 Å². The molecule has 0 unspecified atom stereocenters. The van der Waals surface area contributed by atoms with E-state index in [0.717, 1.165) is 22.6 Å². The second kappa shape index (κ2) is 4.76. The fraction of sp³-hybridized carbons (Fsp3) is 0.533. The van der Waals surface area contributed by atoms with Gasteiger partial charge in [-0.3, -0.25) is 4.90 Å². The molecule has 0 aliphatic carbocycles. The van der Waals surface area contributed by atoms with E-state index in [1.54, 1.807) is 4.90 Å². The van der Waals surface area contributed by atoms with Gasteiger partial charge in [0, 0.05) is 5.54 Å². The zero-order valence-corrected chi connectivity index (χ0v) is 12.3. The van der Waals surface area contributed by atoms with Crippen LogP contribution in [0.15, 0.2) is 12.1 Å². The van der Waals surface area contributed by atoms with Gasteiger partial charge in [-0.15, -0.1) is 0 Å². The first-order chi connectivity index (χ1) is 8.78. The molecule has 4 heteroatoms. The molecule has 0 bridgehead atoms. The average molecular weight is 262 g/mol. The number of ether oxygens (including phenoxy) is 1. The molecule has 1 N–H and O–H groups in total. The summed E-state index contributed by atoms with van der Waals surface area (Å²) in [7, 11) is 0. The Bertz CT molecular complexity index is 504. The number of benzene rings is 1. The lowest BCUT2D eigenvalue weighted by Gasteiger charge is -2.33. The van der Waals surface area contributed by atoms with Gasteiger partial charge in [0.05, 0.1) is 12.2 Å². The minimum Gasteiger partial charge on any atom is -0.490 e. The molecule has 1 aliphatic rings. The Labute approximate surface area is 114 Å². The highest BCUT2D eigenvalue weighted by Crippen LogP contribution is 2.36. The van der Waals surface area contributed by atoms with Gasteiger partial charge >= 0.3 is 6.03 Å². The van der Waals surface area contributed by atoms with Gasteiger partial charge in [-0.1, -0.05) is 6.07 Å². The van der Waals surface area contributed by atoms with Crippen LogP contribution in [0.25, 0.3) is 0 Å². The second-order valence-electron chi connectivity index (χ2n) is 6.11. The van der Waals surface area contributed by atoms with Crippen LogP contribution >= 0.6 is 0 Å². The van der Waals surface area contributed by atoms with Gasteiger partial charge in [0.25, 0.3) is 0 Å². The highest BCUT2D eigenvalue weighted by molar-refractivity contribution is 5.95. The number of anilines is 1. The van der Waals surface area contributed by atoms with E-state index in [0.29, 0.717) is 13.2 Å². The summed E-state index contributed by atoms with van der Waals surface area (Å²) in [6.07, 6.45) is 0. The van der Waals surface area contributed by atoms with Crippen molar-refractivity contribution in [1.82, 2.24) is 5.32 Å². The Morgan fingerprint density at radius 2 is 2.00 bits per heavy atom. The fourth-order valence-corrected chi connectivity index (χ4v) is 2.33. The van der Waals surface area contributed by atoms with Crippen molar-refractivity contribution in [3.05, 3.63) is 23.3 Å². The lowest BCUT2D eigenvalue weighted by Crippen LogP contribution is -2.51. The molecular formula is C15H22N2O2. The maximum Gasteiger partial charge on any atom is 0.322 e. The Hall–Kier alpha value is -1.71. The summed E-state index contributed by atoms with van der Waals surface area (Å²) in [4.78, 5) is 14.1. The van der Waals surface area contributed by atoms with Crippen molar-refractivity contribution in [2.24, 2.45) is 0 Å². The quantitative estimate of drug-likeness (QED) is 0.781. The molecule has 1 heterocycles. The predicted molar refractivity (Wildman–Crippen MR) is 77.0 cm³/mol. The molecule has 104 valence electrons. The molecule has 1 aromatic carbocycles. The molecule has 1 aliphatic heterocycles. The third kappa shape index (κ3) is 3.00. The first kappa shape index (κ1) is 13.7. The van der Waals surface area contributed by atoms with E-state index in [1.165, 1.54) is 0 Å². The molecule has 0 atom stereocenters. The smallest absolute Gasteiger partial charge is 0.322 e. The van der Waals surface area contributed by atoms with E-state index >= 15 is 0 Å². The Kier molecular flexibility index (Phi) is 3.43. The van der Waals surface area contributed by atoms with Gasteiger partial charge in [-0.2, -0.15) is 0 Å². The molecule has 0 fully saturated rings. The summed E-state index contributed by atoms with van der Waals surface area (Å²) in [5.74, 6) is 0.799. The summed E-state index contributed by atoms with van der Waals surface area (Å²) >= 11 is 0. The highest BCUT2D eigenvalue weighted by Gasteiger charge is 2.27. The standard InChI is InChI=1S/C15H22N2O2/c1-10-8-11(2)13-12(9-10)19-7-6-17(13)14(18)16-15(3,4)5/h8-9H,6-7H2,1-5H3,(H,16,18). The maximum atomic E-state index is 12.4. The number of fused-ring (bicyclic) bond motifs is 1. The van der Waals surface area contributed by atoms with Crippen LogP contribution in [0.2, 0.25) is 0 Å². The third-order valence-electron chi connectivity index (χ3n) is 2.98. The normalized spacial score (nSPS) is 14.7. The number of nitrogens with one attached hydrogen (secondary N) is 1. The van der Waals surface area contributed by atoms with Gasteiger partial charge in [-0.25, -0.2) is 4.79 Å². The van der Waals surface area contributed by atoms with Crippen molar-refractivity contribution in [2.75, 3.05) is 18.1 Å². The Morgan fingerprint density at radius 1 is 1.32 bits per heavy atom. The summed E-state index contributed by atoms with van der Waals surface area (Å²) in [6.45, 7) is 11.1. The van der Waals surface area contributed by atoms with E-state index in [9.17, 15) is 4.79 Å². The van der Waals surface area contributed by atoms with Crippen molar-refractivity contribution in [2.45, 2.75) is 40.2 Å². The number of aryl methyl sites for hydroxylation is 2. The second-order valence-corrected chi connectivity index (χ2v) is 6.11. The van der Waals surface area contributed by atoms with E-state index in [2.05, 4.69) is 11.4 Å². The largest absolute Gasteiger partial charge is 0.490 e. The van der Waals surface area contributed by atoms with Crippen molar-refractivity contribution in [3.8, 4) is 5.75 Å². The van der Waals surface area contributed by atoms with Crippen LogP contribution in [-0.4, -0.2) is 24.7 Å². The van der Waals surface area contributed by atoms with E-state index in [4.69, 9.17) is 4.74 Å². The Morgan fingerprint density at radius 3 is 2.63 bits per heavy atom. The van der Waals surface area contributed by atoms with Gasteiger partial charge < -0.3 is 10.1 Å². The number of nitrogens with zero attached hydrogens (tertiary/aromatic N) is 1. The SMILES string of the molecule is Cc1cc(C)c2c(c1)OCCN2C(=O)NC(C)(C)C. The van der Waals surface area contributed by atoms with Gasteiger partial charge in [0.15, 0.2) is 0 Å². The average Bonchev–Trinajstić information content (AvgIpc) is 2.25. The maximum absolute atomic E-state index is 12.4. The number of amides is 2. The molecule has 4 nitrogen and oxygen atoms in total. The van der Waals surface area contributed by atoms with Crippen LogP contribution < -0.4 is 15.0 Å². The van der Waals surface area contributed by atoms with Crippen LogP contribution in [0.5, 0.6) is 5.75 Å². The van der Waals surface area contributed by atoms with Gasteiger partial charge in [0.2, 0.25) is 0 Å². The molecule has 2 rings (SSSR count). The fourth-order valence-electron chi connectivity index (χ4n) is 2.33. The summed E-state index contributed by atoms with van der Waals surface area (Å²) < 4.78 is 5.67. The van der Waals surface area contributed by atoms with E-state index in [1.807, 2.05) is 40.7 Å². The number of carbonyl (C=O) groups is 1. The molecule has 0 saturated carbocycles. The first-order valence-electron chi connectivity index (χ1n) is 6.62. The molecule has 2 amide bonds. The zero-order valence-electron chi connectivity index (χ0n) is 12.3. The lowest BCUT2D eigenvalue weighted by atomic mass is 10.1. The monoisotopic (exact) mass is 262 g/mol. The highest BCUT2D eigenvalue weighted by atomic mass is 16.5. The Balaban J connectivity index is 2.35. The van der Waals surface area contributed by atoms with Crippen LogP contribution in [0.4, 0.5) is 10.5 Å². The molecule has 0 spiro atoms. The predicted octanol–water partition coefficient (Wildman–Crippen LogP) is 3.01. The van der Waals surface area contributed by atoms with Gasteiger partial charge in [0.1, 0.15) is 12.4 Å². The molecule has 0 saturated heterocycles. The van der Waals surface area contributed by atoms with Gasteiger partial charge in [-0.05, 0) is 51.8 Å². The lowest BCUT2D eigenvalue weighted by molar-refractivity contribution is 0.231. The molecule has 1 aromatic rings. The van der Waals surface area contributed by atoms with E-state index in [-0.39, 0.29) is 11.6 Å². The van der Waals surface area contributed by atoms with Crippen molar-refractivity contribution >= 4 is 11.7 Å². The molecule has 0 radical (unpaired) electrons. The molecule has 0 aromatic heterocycles. The van der Waals surface area contributed by atoms with Crippen molar-refractivity contribution in [3.63, 3.8) is 0 Å². The summed E-state index contributed by atoms with van der Waals surface area (Å²) in [6, 6.07) is 3.99. The van der Waals surface area contributed by atoms with Crippen LogP contribution in [0.3, 0.4) is 0 Å². The summed E-state index contributed by atoms with van der Waals surface area (Å²) in [5, 5.41) is 3.00. The topological polar surface area (TPSA) is 41.6 Å². The van der Waals surface area contributed by atoms with E-state index < -0.39 is 0 Å². The molecule has 19 heavy (non-hydrogen) atoms. The number of carbonyl (C=O) groups excluding carboxylic acids is 1. The number of rotatable bonds is 0. The molecular weight excluding hydrogens is 240 g/mol. The van der Waals surface area contributed by atoms with Crippen molar-refractivity contribution in [1.29, 1.82) is 0 Å². The number of hydrogen-bond acceptors (Lipinski definition) is 2. The third-order valence-corrected chi connectivity index (χ3v) is 2.98. The first-order valence-corrected chi connectivity index (χ1v) is 6.62. The van der Waals surface area contributed by atoms with Crippen LogP contribution in [0.1, 0.15) is 31.9 Å². The van der Waals surface area contributed by atoms with Crippen molar-refractivity contribution < 1.29 is 9.53 Å². The number of hydrogen-bond donors (Lipinski definition) is 1. The minimum absolute atomic E-state index is 0.0657. The minimum atomic E-state index is -0.242. The number of urea groups is 1.